The van der Waals surface area contributed by atoms with Gasteiger partial charge < -0.3 is 14.6 Å². The molecule has 30 heavy (non-hydrogen) atoms. The molecule has 1 N–H and O–H groups in total. The molecule has 0 atom stereocenters. The molecule has 0 unspecified atom stereocenters. The molecule has 5 nitrogen and oxygen atoms in total. The third kappa shape index (κ3) is 4.76. The van der Waals surface area contributed by atoms with Crippen LogP contribution in [0.4, 0.5) is 10.1 Å². The maximum absolute atomic E-state index is 14.4. The average molecular weight is 408 g/mol. The van der Waals surface area contributed by atoms with Crippen LogP contribution in [-0.2, 0) is 17.9 Å². The molecule has 156 valence electrons. The first kappa shape index (κ1) is 21.3. The molecule has 0 spiro atoms. The Hall–Kier alpha value is -3.41. The highest BCUT2D eigenvalue weighted by molar-refractivity contribution is 5.98. The second-order valence-electron chi connectivity index (χ2n) is 7.13. The fraction of sp³-hybridized carbons (Fsp3) is 0.250. The van der Waals surface area contributed by atoms with Crippen LogP contribution in [0.5, 0.6) is 0 Å². The van der Waals surface area contributed by atoms with Gasteiger partial charge in [0.1, 0.15) is 11.6 Å². The number of furan rings is 1. The van der Waals surface area contributed by atoms with Crippen molar-refractivity contribution in [3.63, 3.8) is 0 Å². The maximum Gasteiger partial charge on any atom is 0.251 e. The van der Waals surface area contributed by atoms with E-state index in [0.717, 1.165) is 11.1 Å². The summed E-state index contributed by atoms with van der Waals surface area (Å²) in [5.41, 5.74) is 3.07. The number of carbonyl (C=O) groups is 2. The van der Waals surface area contributed by atoms with Crippen LogP contribution in [0.15, 0.2) is 59.2 Å². The lowest BCUT2D eigenvalue weighted by atomic mass is 10.0. The minimum atomic E-state index is -0.353. The average Bonchev–Trinajstić information content (AvgIpc) is 3.26. The highest BCUT2D eigenvalue weighted by Gasteiger charge is 2.21. The molecule has 0 aliphatic heterocycles. The molecular formula is C24H25FN2O3. The summed E-state index contributed by atoms with van der Waals surface area (Å²) in [7, 11) is 0. The predicted octanol–water partition coefficient (Wildman–Crippen LogP) is 4.91. The first-order chi connectivity index (χ1) is 14.4. The van der Waals surface area contributed by atoms with Crippen molar-refractivity contribution in [2.75, 3.05) is 4.90 Å². The molecule has 0 aliphatic rings. The fourth-order valence-electron chi connectivity index (χ4n) is 3.25. The third-order valence-corrected chi connectivity index (χ3v) is 5.04. The minimum absolute atomic E-state index is 0.101. The summed E-state index contributed by atoms with van der Waals surface area (Å²) >= 11 is 0. The topological polar surface area (TPSA) is 62.6 Å². The molecule has 3 aromatic rings. The Morgan fingerprint density at radius 1 is 1.07 bits per heavy atom. The summed E-state index contributed by atoms with van der Waals surface area (Å²) in [5.74, 6) is -0.130. The summed E-state index contributed by atoms with van der Waals surface area (Å²) < 4.78 is 19.7. The summed E-state index contributed by atoms with van der Waals surface area (Å²) in [6.07, 6.45) is 1.81. The first-order valence-electron chi connectivity index (χ1n) is 9.86. The Labute approximate surface area is 175 Å². The van der Waals surface area contributed by atoms with Crippen LogP contribution < -0.4 is 10.2 Å². The summed E-state index contributed by atoms with van der Waals surface area (Å²) in [5, 5.41) is 2.80. The van der Waals surface area contributed by atoms with Crippen LogP contribution in [0.2, 0.25) is 0 Å². The number of benzene rings is 2. The Kier molecular flexibility index (Phi) is 6.67. The number of rotatable bonds is 7. The second-order valence-corrected chi connectivity index (χ2v) is 7.13. The van der Waals surface area contributed by atoms with Gasteiger partial charge in [0.15, 0.2) is 0 Å². The normalized spacial score (nSPS) is 10.7. The van der Waals surface area contributed by atoms with Crippen LogP contribution in [0.1, 0.15) is 46.2 Å². The Morgan fingerprint density at radius 2 is 1.87 bits per heavy atom. The van der Waals surface area contributed by atoms with E-state index in [1.807, 2.05) is 19.9 Å². The van der Waals surface area contributed by atoms with Gasteiger partial charge in [0.05, 0.1) is 19.4 Å². The van der Waals surface area contributed by atoms with E-state index in [1.165, 1.54) is 6.07 Å². The van der Waals surface area contributed by atoms with Crippen molar-refractivity contribution in [3.8, 4) is 0 Å². The van der Waals surface area contributed by atoms with Gasteiger partial charge in [0.25, 0.3) is 5.91 Å². The van der Waals surface area contributed by atoms with E-state index in [1.54, 1.807) is 54.5 Å². The van der Waals surface area contributed by atoms with Crippen LogP contribution in [-0.4, -0.2) is 11.8 Å². The monoisotopic (exact) mass is 408 g/mol. The van der Waals surface area contributed by atoms with Gasteiger partial charge in [-0.05, 0) is 55.3 Å². The van der Waals surface area contributed by atoms with Gasteiger partial charge >= 0.3 is 0 Å². The number of nitrogens with one attached hydrogen (secondary N) is 1. The summed E-state index contributed by atoms with van der Waals surface area (Å²) in [6.45, 7) is 5.81. The quantitative estimate of drug-likeness (QED) is 0.604. The van der Waals surface area contributed by atoms with Crippen molar-refractivity contribution in [3.05, 3.63) is 88.6 Å². The Balaban J connectivity index is 1.90. The van der Waals surface area contributed by atoms with Gasteiger partial charge in [-0.25, -0.2) is 4.39 Å². The molecule has 0 radical (unpaired) electrons. The molecular weight excluding hydrogens is 383 g/mol. The van der Waals surface area contributed by atoms with Crippen molar-refractivity contribution in [1.82, 2.24) is 5.32 Å². The molecule has 2 aromatic carbocycles. The van der Waals surface area contributed by atoms with Gasteiger partial charge in [0.2, 0.25) is 5.91 Å². The van der Waals surface area contributed by atoms with Gasteiger partial charge in [0, 0.05) is 23.2 Å². The van der Waals surface area contributed by atoms with Gasteiger partial charge in [-0.3, -0.25) is 9.59 Å². The molecule has 0 saturated heterocycles. The van der Waals surface area contributed by atoms with Crippen LogP contribution in [0.3, 0.4) is 0 Å². The largest absolute Gasteiger partial charge is 0.467 e. The van der Waals surface area contributed by atoms with Crippen LogP contribution in [0.25, 0.3) is 0 Å². The Morgan fingerprint density at radius 3 is 2.53 bits per heavy atom. The molecule has 1 heterocycles. The number of anilines is 1. The van der Waals surface area contributed by atoms with E-state index >= 15 is 0 Å². The molecule has 0 saturated carbocycles. The minimum Gasteiger partial charge on any atom is -0.467 e. The lowest BCUT2D eigenvalue weighted by Crippen LogP contribution is -2.31. The number of amides is 2. The molecule has 3 rings (SSSR count). The molecule has 0 aliphatic carbocycles. The van der Waals surface area contributed by atoms with E-state index < -0.39 is 0 Å². The van der Waals surface area contributed by atoms with Crippen molar-refractivity contribution in [2.24, 2.45) is 0 Å². The molecule has 6 heteroatoms. The lowest BCUT2D eigenvalue weighted by Gasteiger charge is -2.26. The van der Waals surface area contributed by atoms with E-state index in [4.69, 9.17) is 4.42 Å². The van der Waals surface area contributed by atoms with E-state index in [-0.39, 0.29) is 37.1 Å². The van der Waals surface area contributed by atoms with Crippen molar-refractivity contribution >= 4 is 17.5 Å². The summed E-state index contributed by atoms with van der Waals surface area (Å²) in [6, 6.07) is 13.6. The second kappa shape index (κ2) is 9.39. The predicted molar refractivity (Wildman–Crippen MR) is 114 cm³/mol. The lowest BCUT2D eigenvalue weighted by molar-refractivity contribution is -0.118. The number of nitrogens with zero attached hydrogens (tertiary/aromatic N) is 1. The summed E-state index contributed by atoms with van der Waals surface area (Å²) in [4.78, 5) is 26.9. The van der Waals surface area contributed by atoms with Crippen molar-refractivity contribution < 1.29 is 18.4 Å². The zero-order valence-corrected chi connectivity index (χ0v) is 17.4. The highest BCUT2D eigenvalue weighted by Crippen LogP contribution is 2.26. The number of carbonyl (C=O) groups excluding carboxylic acids is 2. The van der Waals surface area contributed by atoms with Gasteiger partial charge in [-0.1, -0.05) is 25.1 Å². The van der Waals surface area contributed by atoms with Crippen molar-refractivity contribution in [2.45, 2.75) is 40.3 Å². The van der Waals surface area contributed by atoms with E-state index in [9.17, 15) is 14.0 Å². The molecule has 1 aromatic heterocycles. The number of hydrogen-bond donors (Lipinski definition) is 1. The van der Waals surface area contributed by atoms with Crippen LogP contribution >= 0.6 is 0 Å². The zero-order valence-electron chi connectivity index (χ0n) is 17.4. The fourth-order valence-corrected chi connectivity index (χ4v) is 3.25. The molecule has 0 fully saturated rings. The number of halogens is 1. The molecule has 0 bridgehead atoms. The highest BCUT2D eigenvalue weighted by atomic mass is 19.1. The zero-order chi connectivity index (χ0) is 21.7. The maximum atomic E-state index is 14.4. The first-order valence-corrected chi connectivity index (χ1v) is 9.86. The van der Waals surface area contributed by atoms with Crippen molar-refractivity contribution in [1.29, 1.82) is 0 Å². The van der Waals surface area contributed by atoms with Crippen LogP contribution in [0, 0.1) is 19.7 Å². The number of aryl methyl sites for hydroxylation is 2. The van der Waals surface area contributed by atoms with Gasteiger partial charge in [-0.2, -0.15) is 0 Å². The third-order valence-electron chi connectivity index (χ3n) is 5.04. The smallest absolute Gasteiger partial charge is 0.251 e. The SMILES string of the molecule is CCC(=O)N(Cc1c(C)cccc1F)c1cc(C(=O)NCc2ccco2)ccc1C. The number of hydrogen-bond acceptors (Lipinski definition) is 3. The molecule has 2 amide bonds. The van der Waals surface area contributed by atoms with E-state index in [0.29, 0.717) is 22.6 Å². The standard InChI is InChI=1S/C24H25FN2O3/c1-4-23(28)27(15-20-16(2)7-5-9-21(20)25)22-13-18(11-10-17(22)3)24(29)26-14-19-8-6-12-30-19/h5-13H,4,14-15H2,1-3H3,(H,26,29). The van der Waals surface area contributed by atoms with E-state index in [2.05, 4.69) is 5.32 Å². The Bertz CT molecular complexity index is 1020. The van der Waals surface area contributed by atoms with Gasteiger partial charge in [-0.15, -0.1) is 0 Å².